The van der Waals surface area contributed by atoms with Crippen molar-refractivity contribution < 1.29 is 0 Å². The minimum Gasteiger partial charge on any atom is -0.287 e. The van der Waals surface area contributed by atoms with Crippen molar-refractivity contribution in [2.45, 2.75) is 13.0 Å². The Labute approximate surface area is 82.2 Å². The molecule has 1 aromatic heterocycles. The highest BCUT2D eigenvalue weighted by Gasteiger charge is 2.12. The second-order valence-electron chi connectivity index (χ2n) is 2.62. The maximum atomic E-state index is 8.87. The Hall–Kier alpha value is -1.29. The van der Waals surface area contributed by atoms with Gasteiger partial charge in [-0.15, -0.1) is 17.8 Å². The third-order valence-electron chi connectivity index (χ3n) is 1.70. The van der Waals surface area contributed by atoms with E-state index in [1.54, 1.807) is 11.3 Å². The zero-order valence-corrected chi connectivity index (χ0v) is 8.19. The summed E-state index contributed by atoms with van der Waals surface area (Å²) in [6.45, 7) is 2.42. The van der Waals surface area contributed by atoms with Crippen molar-refractivity contribution in [1.29, 1.82) is 5.26 Å². The third kappa shape index (κ3) is 2.32. The van der Waals surface area contributed by atoms with Crippen LogP contribution in [0.25, 0.3) is 0 Å². The largest absolute Gasteiger partial charge is 0.287 e. The van der Waals surface area contributed by atoms with Gasteiger partial charge < -0.3 is 0 Å². The molecule has 1 unspecified atom stereocenters. The molecule has 0 amide bonds. The summed E-state index contributed by atoms with van der Waals surface area (Å²) in [5, 5.41) is 13.8. The lowest BCUT2D eigenvalue weighted by Crippen LogP contribution is -2.19. The summed E-state index contributed by atoms with van der Waals surface area (Å²) in [6.07, 6.45) is 5.10. The van der Waals surface area contributed by atoms with Gasteiger partial charge in [0.05, 0.1) is 12.6 Å². The molecule has 0 aliphatic heterocycles. The molecule has 1 heterocycles. The molecule has 3 heteroatoms. The van der Waals surface area contributed by atoms with E-state index < -0.39 is 0 Å². The van der Waals surface area contributed by atoms with Gasteiger partial charge in [-0.2, -0.15) is 5.26 Å². The van der Waals surface area contributed by atoms with Gasteiger partial charge in [-0.05, 0) is 23.9 Å². The molecular formula is C10H10N2S. The second kappa shape index (κ2) is 4.67. The van der Waals surface area contributed by atoms with Crippen LogP contribution in [0.1, 0.15) is 16.5 Å². The fourth-order valence-corrected chi connectivity index (χ4v) is 1.98. The van der Waals surface area contributed by atoms with E-state index >= 15 is 0 Å². The number of hydrogen-bond donors (Lipinski definition) is 1. The van der Waals surface area contributed by atoms with Crippen LogP contribution in [0.3, 0.4) is 0 Å². The topological polar surface area (TPSA) is 35.8 Å². The highest BCUT2D eigenvalue weighted by molar-refractivity contribution is 7.10. The summed E-state index contributed by atoms with van der Waals surface area (Å²) in [7, 11) is 0. The van der Waals surface area contributed by atoms with E-state index in [1.165, 1.54) is 0 Å². The number of nitrogens with zero attached hydrogens (tertiary/aromatic N) is 1. The first-order valence-corrected chi connectivity index (χ1v) is 4.78. The van der Waals surface area contributed by atoms with Gasteiger partial charge in [0, 0.05) is 4.88 Å². The molecule has 1 aromatic rings. The number of aryl methyl sites for hydroxylation is 1. The molecule has 1 N–H and O–H groups in total. The number of thiophene rings is 1. The van der Waals surface area contributed by atoms with E-state index in [0.717, 1.165) is 10.4 Å². The summed E-state index contributed by atoms with van der Waals surface area (Å²) in [4.78, 5) is 1.05. The van der Waals surface area contributed by atoms with Gasteiger partial charge in [-0.3, -0.25) is 5.32 Å². The molecule has 0 fully saturated rings. The molecule has 66 valence electrons. The van der Waals surface area contributed by atoms with Crippen LogP contribution in [-0.4, -0.2) is 6.54 Å². The van der Waals surface area contributed by atoms with E-state index in [2.05, 4.69) is 17.3 Å². The molecule has 0 bridgehead atoms. The first-order chi connectivity index (χ1) is 6.29. The number of terminal acetylenes is 1. The minimum atomic E-state index is -0.268. The van der Waals surface area contributed by atoms with Crippen molar-refractivity contribution in [3.63, 3.8) is 0 Å². The SMILES string of the molecule is C#CCNC(C#N)c1sccc1C. The standard InChI is InChI=1S/C10H10N2S/c1-3-5-12-9(7-11)10-8(2)4-6-13-10/h1,4,6,9,12H,5H2,2H3. The predicted molar refractivity (Wildman–Crippen MR) is 54.2 cm³/mol. The van der Waals surface area contributed by atoms with Crippen LogP contribution < -0.4 is 5.32 Å². The zero-order valence-electron chi connectivity index (χ0n) is 7.37. The maximum Gasteiger partial charge on any atom is 0.131 e. The van der Waals surface area contributed by atoms with Gasteiger partial charge in [0.15, 0.2) is 0 Å². The summed E-state index contributed by atoms with van der Waals surface area (Å²) < 4.78 is 0. The minimum absolute atomic E-state index is 0.268. The van der Waals surface area contributed by atoms with Crippen molar-refractivity contribution in [1.82, 2.24) is 5.32 Å². The van der Waals surface area contributed by atoms with Crippen LogP contribution in [-0.2, 0) is 0 Å². The van der Waals surface area contributed by atoms with E-state index in [4.69, 9.17) is 11.7 Å². The Morgan fingerprint density at radius 2 is 2.54 bits per heavy atom. The lowest BCUT2D eigenvalue weighted by atomic mass is 10.2. The molecule has 0 saturated carbocycles. The van der Waals surface area contributed by atoms with Crippen molar-refractivity contribution in [3.8, 4) is 18.4 Å². The summed E-state index contributed by atoms with van der Waals surface area (Å²) in [5.41, 5.74) is 1.14. The molecule has 0 spiro atoms. The van der Waals surface area contributed by atoms with Crippen molar-refractivity contribution in [2.75, 3.05) is 6.54 Å². The van der Waals surface area contributed by atoms with Crippen LogP contribution in [0.5, 0.6) is 0 Å². The quantitative estimate of drug-likeness (QED) is 0.738. The fraction of sp³-hybridized carbons (Fsp3) is 0.300. The van der Waals surface area contributed by atoms with Gasteiger partial charge >= 0.3 is 0 Å². The van der Waals surface area contributed by atoms with E-state index in [9.17, 15) is 0 Å². The van der Waals surface area contributed by atoms with E-state index in [1.807, 2.05) is 18.4 Å². The summed E-state index contributed by atoms with van der Waals surface area (Å²) in [6, 6.07) is 3.92. The lowest BCUT2D eigenvalue weighted by molar-refractivity contribution is 0.698. The lowest BCUT2D eigenvalue weighted by Gasteiger charge is -2.07. The average molecular weight is 190 g/mol. The highest BCUT2D eigenvalue weighted by Crippen LogP contribution is 2.22. The second-order valence-corrected chi connectivity index (χ2v) is 3.56. The van der Waals surface area contributed by atoms with Crippen LogP contribution >= 0.6 is 11.3 Å². The van der Waals surface area contributed by atoms with E-state index in [-0.39, 0.29) is 6.04 Å². The maximum absolute atomic E-state index is 8.87. The Morgan fingerprint density at radius 3 is 3.00 bits per heavy atom. The molecule has 1 atom stereocenters. The molecule has 0 aromatic carbocycles. The average Bonchev–Trinajstić information content (AvgIpc) is 2.54. The molecule has 2 nitrogen and oxygen atoms in total. The van der Waals surface area contributed by atoms with Gasteiger partial charge in [0.2, 0.25) is 0 Å². The number of rotatable bonds is 3. The Morgan fingerprint density at radius 1 is 1.77 bits per heavy atom. The summed E-state index contributed by atoms with van der Waals surface area (Å²) >= 11 is 1.58. The van der Waals surface area contributed by atoms with Crippen LogP contribution in [0, 0.1) is 30.6 Å². The number of nitriles is 1. The Balaban J connectivity index is 2.75. The Kier molecular flexibility index (Phi) is 3.52. The van der Waals surface area contributed by atoms with Gasteiger partial charge in [0.25, 0.3) is 0 Å². The normalized spacial score (nSPS) is 11.6. The fourth-order valence-electron chi connectivity index (χ4n) is 1.04. The van der Waals surface area contributed by atoms with Gasteiger partial charge in [-0.1, -0.05) is 5.92 Å². The predicted octanol–water partition coefficient (Wildman–Crippen LogP) is 1.84. The molecule has 0 aliphatic carbocycles. The molecule has 0 aliphatic rings. The smallest absolute Gasteiger partial charge is 0.131 e. The van der Waals surface area contributed by atoms with Gasteiger partial charge in [0.1, 0.15) is 6.04 Å². The first-order valence-electron chi connectivity index (χ1n) is 3.90. The van der Waals surface area contributed by atoms with Crippen molar-refractivity contribution in [3.05, 3.63) is 21.9 Å². The Bertz CT molecular complexity index is 354. The van der Waals surface area contributed by atoms with E-state index in [0.29, 0.717) is 6.54 Å². The van der Waals surface area contributed by atoms with Crippen LogP contribution in [0.4, 0.5) is 0 Å². The number of hydrogen-bond acceptors (Lipinski definition) is 3. The van der Waals surface area contributed by atoms with Crippen molar-refractivity contribution in [2.24, 2.45) is 0 Å². The number of nitrogens with one attached hydrogen (secondary N) is 1. The monoisotopic (exact) mass is 190 g/mol. The van der Waals surface area contributed by atoms with Crippen LogP contribution in [0.2, 0.25) is 0 Å². The van der Waals surface area contributed by atoms with Crippen molar-refractivity contribution >= 4 is 11.3 Å². The molecular weight excluding hydrogens is 180 g/mol. The summed E-state index contributed by atoms with van der Waals surface area (Å²) in [5.74, 6) is 2.46. The molecule has 0 saturated heterocycles. The first kappa shape index (κ1) is 9.80. The van der Waals surface area contributed by atoms with Crippen LogP contribution in [0.15, 0.2) is 11.4 Å². The molecule has 1 rings (SSSR count). The van der Waals surface area contributed by atoms with Gasteiger partial charge in [-0.25, -0.2) is 0 Å². The molecule has 0 radical (unpaired) electrons. The zero-order chi connectivity index (χ0) is 9.68. The third-order valence-corrected chi connectivity index (χ3v) is 2.79. The highest BCUT2D eigenvalue weighted by atomic mass is 32.1. The molecule has 13 heavy (non-hydrogen) atoms.